The predicted molar refractivity (Wildman–Crippen MR) is 100 cm³/mol. The molecule has 1 atom stereocenters. The molecule has 2 heterocycles. The smallest absolute Gasteiger partial charge is 0.273 e. The summed E-state index contributed by atoms with van der Waals surface area (Å²) in [5, 5.41) is 7.31. The number of hydrogen-bond acceptors (Lipinski definition) is 5. The van der Waals surface area contributed by atoms with E-state index < -0.39 is 0 Å². The number of nitrogens with one attached hydrogen (secondary N) is 1. The van der Waals surface area contributed by atoms with Crippen LogP contribution in [0.4, 0.5) is 0 Å². The van der Waals surface area contributed by atoms with E-state index in [1.165, 1.54) is 38.5 Å². The van der Waals surface area contributed by atoms with Gasteiger partial charge in [-0.1, -0.05) is 5.16 Å². The molecule has 6 rings (SSSR count). The zero-order valence-electron chi connectivity index (χ0n) is 16.3. The van der Waals surface area contributed by atoms with E-state index in [0.717, 1.165) is 49.8 Å². The summed E-state index contributed by atoms with van der Waals surface area (Å²) >= 11 is 0. The Hall–Kier alpha value is -1.40. The van der Waals surface area contributed by atoms with Crippen LogP contribution in [0.5, 0.6) is 0 Å². The van der Waals surface area contributed by atoms with E-state index in [9.17, 15) is 4.79 Å². The number of hydrogen-bond donors (Lipinski definition) is 1. The molecule has 27 heavy (non-hydrogen) atoms. The lowest BCUT2D eigenvalue weighted by molar-refractivity contribution is -0.0688. The fourth-order valence-corrected chi connectivity index (χ4v) is 6.61. The molecule has 6 nitrogen and oxygen atoms in total. The van der Waals surface area contributed by atoms with E-state index in [4.69, 9.17) is 9.26 Å². The SMILES string of the molecule is C[C@@H](NC(=O)c1cc(CN2CCOCC2)on1)C12CC3CC(CC(C3)C1)C2. The van der Waals surface area contributed by atoms with Gasteiger partial charge in [0.2, 0.25) is 0 Å². The number of carbonyl (C=O) groups is 1. The van der Waals surface area contributed by atoms with Gasteiger partial charge in [-0.2, -0.15) is 0 Å². The van der Waals surface area contributed by atoms with Gasteiger partial charge in [0.25, 0.3) is 5.91 Å². The van der Waals surface area contributed by atoms with Crippen LogP contribution in [0.3, 0.4) is 0 Å². The van der Waals surface area contributed by atoms with Crippen molar-refractivity contribution < 1.29 is 14.1 Å². The van der Waals surface area contributed by atoms with Crippen LogP contribution < -0.4 is 5.32 Å². The van der Waals surface area contributed by atoms with Gasteiger partial charge >= 0.3 is 0 Å². The molecule has 4 saturated carbocycles. The number of carbonyl (C=O) groups excluding carboxylic acids is 1. The molecule has 0 spiro atoms. The van der Waals surface area contributed by atoms with Crippen LogP contribution >= 0.6 is 0 Å². The molecule has 4 aliphatic carbocycles. The number of morpholine rings is 1. The van der Waals surface area contributed by atoms with Crippen LogP contribution in [-0.2, 0) is 11.3 Å². The van der Waals surface area contributed by atoms with Crippen LogP contribution in [0.15, 0.2) is 10.6 Å². The first-order valence-electron chi connectivity index (χ1n) is 10.7. The highest BCUT2D eigenvalue weighted by molar-refractivity contribution is 5.92. The van der Waals surface area contributed by atoms with Gasteiger partial charge in [-0.3, -0.25) is 9.69 Å². The summed E-state index contributed by atoms with van der Waals surface area (Å²) in [7, 11) is 0. The van der Waals surface area contributed by atoms with Gasteiger partial charge in [-0.05, 0) is 68.6 Å². The molecule has 1 amide bonds. The molecule has 1 aromatic heterocycles. The van der Waals surface area contributed by atoms with Crippen LogP contribution in [0.25, 0.3) is 0 Å². The van der Waals surface area contributed by atoms with Crippen molar-refractivity contribution in [3.8, 4) is 0 Å². The summed E-state index contributed by atoms with van der Waals surface area (Å²) in [5.41, 5.74) is 0.722. The molecule has 0 radical (unpaired) electrons. The standard InChI is InChI=1S/C21H31N3O3/c1-14(21-10-15-6-16(11-21)8-17(7-15)12-21)22-20(25)19-9-18(27-23-19)13-24-2-4-26-5-3-24/h9,14-17H,2-8,10-13H2,1H3,(H,22,25)/t14-,15?,16?,17?,21?/m1/s1. The van der Waals surface area contributed by atoms with Crippen LogP contribution in [-0.4, -0.2) is 48.3 Å². The Morgan fingerprint density at radius 2 is 1.85 bits per heavy atom. The van der Waals surface area contributed by atoms with Crippen LogP contribution in [0.2, 0.25) is 0 Å². The fraction of sp³-hybridized carbons (Fsp3) is 0.810. The first kappa shape index (κ1) is 17.7. The highest BCUT2D eigenvalue weighted by atomic mass is 16.5. The van der Waals surface area contributed by atoms with Crippen molar-refractivity contribution in [2.45, 2.75) is 58.0 Å². The highest BCUT2D eigenvalue weighted by Crippen LogP contribution is 2.61. The lowest BCUT2D eigenvalue weighted by atomic mass is 9.48. The van der Waals surface area contributed by atoms with Gasteiger partial charge in [-0.25, -0.2) is 0 Å². The molecule has 148 valence electrons. The van der Waals surface area contributed by atoms with Gasteiger partial charge in [0.15, 0.2) is 11.5 Å². The largest absolute Gasteiger partial charge is 0.379 e. The first-order valence-corrected chi connectivity index (χ1v) is 10.7. The Balaban J connectivity index is 1.21. The van der Waals surface area contributed by atoms with E-state index in [0.29, 0.717) is 17.7 Å². The Bertz CT molecular complexity index is 659. The summed E-state index contributed by atoms with van der Waals surface area (Å²) in [6, 6.07) is 2.01. The second kappa shape index (κ2) is 6.89. The molecule has 1 N–H and O–H groups in total. The van der Waals surface area contributed by atoms with Crippen molar-refractivity contribution in [1.29, 1.82) is 0 Å². The first-order chi connectivity index (χ1) is 13.1. The maximum absolute atomic E-state index is 12.8. The van der Waals surface area contributed by atoms with Gasteiger partial charge < -0.3 is 14.6 Å². The third-order valence-corrected chi connectivity index (χ3v) is 7.63. The molecule has 1 aliphatic heterocycles. The van der Waals surface area contributed by atoms with Crippen molar-refractivity contribution in [3.05, 3.63) is 17.5 Å². The number of aromatic nitrogens is 1. The molecule has 1 saturated heterocycles. The lowest BCUT2D eigenvalue weighted by Crippen LogP contribution is -2.55. The average molecular weight is 373 g/mol. The molecule has 1 aromatic rings. The fourth-order valence-electron chi connectivity index (χ4n) is 6.61. The number of ether oxygens (including phenoxy) is 1. The molecule has 0 unspecified atom stereocenters. The molecule has 5 fully saturated rings. The topological polar surface area (TPSA) is 67.6 Å². The molecular weight excluding hydrogens is 342 g/mol. The van der Waals surface area contributed by atoms with E-state index in [1.54, 1.807) is 6.07 Å². The van der Waals surface area contributed by atoms with Crippen LogP contribution in [0.1, 0.15) is 61.7 Å². The minimum absolute atomic E-state index is 0.0878. The van der Waals surface area contributed by atoms with Crippen molar-refractivity contribution in [1.82, 2.24) is 15.4 Å². The van der Waals surface area contributed by atoms with Gasteiger partial charge in [-0.15, -0.1) is 0 Å². The normalized spacial score (nSPS) is 36.7. The quantitative estimate of drug-likeness (QED) is 0.860. The zero-order chi connectivity index (χ0) is 18.4. The van der Waals surface area contributed by atoms with E-state index >= 15 is 0 Å². The van der Waals surface area contributed by atoms with Crippen molar-refractivity contribution in [3.63, 3.8) is 0 Å². The molecule has 0 aromatic carbocycles. The van der Waals surface area contributed by atoms with Crippen molar-refractivity contribution in [2.24, 2.45) is 23.2 Å². The molecule has 6 heteroatoms. The second-order valence-corrected chi connectivity index (χ2v) is 9.54. The maximum Gasteiger partial charge on any atom is 0.273 e. The number of nitrogens with zero attached hydrogens (tertiary/aromatic N) is 2. The van der Waals surface area contributed by atoms with Crippen molar-refractivity contribution >= 4 is 5.91 Å². The van der Waals surface area contributed by atoms with E-state index in [-0.39, 0.29) is 11.9 Å². The third kappa shape index (κ3) is 3.42. The summed E-state index contributed by atoms with van der Waals surface area (Å²) in [6.45, 7) is 6.19. The predicted octanol–water partition coefficient (Wildman–Crippen LogP) is 2.84. The molecular formula is C21H31N3O3. The van der Waals surface area contributed by atoms with Gasteiger partial charge in [0.05, 0.1) is 19.8 Å². The van der Waals surface area contributed by atoms with Crippen LogP contribution in [0, 0.1) is 23.2 Å². The minimum atomic E-state index is -0.0878. The Kier molecular flexibility index (Phi) is 4.51. The van der Waals surface area contributed by atoms with Gasteiger partial charge in [0, 0.05) is 25.2 Å². The molecule has 4 bridgehead atoms. The summed E-state index contributed by atoms with van der Waals surface area (Å²) < 4.78 is 10.8. The summed E-state index contributed by atoms with van der Waals surface area (Å²) in [6.07, 6.45) is 8.15. The maximum atomic E-state index is 12.8. The van der Waals surface area contributed by atoms with E-state index in [1.807, 2.05) is 0 Å². The second-order valence-electron chi connectivity index (χ2n) is 9.54. The summed E-state index contributed by atoms with van der Waals surface area (Å²) in [5.74, 6) is 3.34. The Labute approximate surface area is 161 Å². The Morgan fingerprint density at radius 1 is 1.22 bits per heavy atom. The minimum Gasteiger partial charge on any atom is -0.379 e. The van der Waals surface area contributed by atoms with Gasteiger partial charge in [0.1, 0.15) is 0 Å². The van der Waals surface area contributed by atoms with E-state index in [2.05, 4.69) is 22.3 Å². The zero-order valence-corrected chi connectivity index (χ0v) is 16.3. The third-order valence-electron chi connectivity index (χ3n) is 7.63. The number of rotatable bonds is 5. The molecule has 5 aliphatic rings. The average Bonchev–Trinajstić information content (AvgIpc) is 3.10. The number of amides is 1. The summed E-state index contributed by atoms with van der Waals surface area (Å²) in [4.78, 5) is 15.1. The monoisotopic (exact) mass is 373 g/mol. The Morgan fingerprint density at radius 3 is 2.48 bits per heavy atom. The lowest BCUT2D eigenvalue weighted by Gasteiger charge is -2.59. The van der Waals surface area contributed by atoms with Crippen molar-refractivity contribution in [2.75, 3.05) is 26.3 Å². The highest BCUT2D eigenvalue weighted by Gasteiger charge is 2.53.